The third-order valence-corrected chi connectivity index (χ3v) is 3.27. The van der Waals surface area contributed by atoms with Crippen molar-refractivity contribution in [1.29, 1.82) is 0 Å². The number of hydrogen-bond acceptors (Lipinski definition) is 4. The Balaban J connectivity index is 3.01. The highest BCUT2D eigenvalue weighted by Gasteiger charge is 2.32. The molecule has 8 nitrogen and oxygen atoms in total. The molecular weight excluding hydrogens is 252 g/mol. The van der Waals surface area contributed by atoms with Gasteiger partial charge in [0.05, 0.1) is 6.33 Å². The fourth-order valence-electron chi connectivity index (χ4n) is 1.89. The summed E-state index contributed by atoms with van der Waals surface area (Å²) in [6.45, 7) is 2.94. The van der Waals surface area contributed by atoms with Crippen molar-refractivity contribution in [1.82, 2.24) is 18.7 Å². The summed E-state index contributed by atoms with van der Waals surface area (Å²) in [5.74, 6) is -1.08. The molecule has 0 aromatic carbocycles. The predicted octanol–water partition coefficient (Wildman–Crippen LogP) is -0.747. The molecular formula is C11H14N4O4. The number of carboxylic acids is 1. The fourth-order valence-corrected chi connectivity index (χ4v) is 1.89. The normalized spacial score (nSPS) is 12.0. The van der Waals surface area contributed by atoms with Crippen molar-refractivity contribution in [3.63, 3.8) is 0 Å². The molecule has 0 saturated heterocycles. The van der Waals surface area contributed by atoms with Gasteiger partial charge in [-0.15, -0.1) is 0 Å². The van der Waals surface area contributed by atoms with E-state index in [1.807, 2.05) is 0 Å². The summed E-state index contributed by atoms with van der Waals surface area (Å²) in [4.78, 5) is 39.1. The molecule has 0 atom stereocenters. The average molecular weight is 266 g/mol. The first-order valence-electron chi connectivity index (χ1n) is 5.56. The van der Waals surface area contributed by atoms with Crippen LogP contribution in [0.2, 0.25) is 0 Å². The highest BCUT2D eigenvalue weighted by molar-refractivity contribution is 5.79. The number of aliphatic carboxylic acids is 1. The molecule has 0 saturated carbocycles. The lowest BCUT2D eigenvalue weighted by Gasteiger charge is -2.22. The lowest BCUT2D eigenvalue weighted by atomic mass is 10.1. The summed E-state index contributed by atoms with van der Waals surface area (Å²) in [7, 11) is 2.83. The molecule has 0 aliphatic rings. The first-order chi connectivity index (χ1) is 8.69. The van der Waals surface area contributed by atoms with Crippen LogP contribution < -0.4 is 11.2 Å². The number of aryl methyl sites for hydroxylation is 1. The van der Waals surface area contributed by atoms with E-state index in [2.05, 4.69) is 4.98 Å². The minimum Gasteiger partial charge on any atom is -0.480 e. The van der Waals surface area contributed by atoms with E-state index in [0.29, 0.717) is 0 Å². The second kappa shape index (κ2) is 3.81. The number of hydrogen-bond donors (Lipinski definition) is 1. The molecule has 0 radical (unpaired) electrons. The van der Waals surface area contributed by atoms with Gasteiger partial charge in [-0.3, -0.25) is 18.5 Å². The highest BCUT2D eigenvalue weighted by Crippen LogP contribution is 2.20. The van der Waals surface area contributed by atoms with Gasteiger partial charge in [-0.2, -0.15) is 0 Å². The SMILES string of the molecule is Cn1c(=O)c2ncn(C(C)(C)C(=O)O)c2n(C)c1=O. The molecule has 2 heterocycles. The van der Waals surface area contributed by atoms with Gasteiger partial charge in [0.15, 0.2) is 11.2 Å². The number of nitrogens with zero attached hydrogens (tertiary/aromatic N) is 4. The van der Waals surface area contributed by atoms with Gasteiger partial charge in [0.2, 0.25) is 0 Å². The van der Waals surface area contributed by atoms with Crippen LogP contribution in [0.4, 0.5) is 0 Å². The van der Waals surface area contributed by atoms with Crippen LogP contribution in [0.1, 0.15) is 13.8 Å². The third-order valence-electron chi connectivity index (χ3n) is 3.27. The lowest BCUT2D eigenvalue weighted by molar-refractivity contribution is -0.145. The smallest absolute Gasteiger partial charge is 0.332 e. The molecule has 0 aliphatic heterocycles. The number of carboxylic acid groups (broad SMARTS) is 1. The second-order valence-corrected chi connectivity index (χ2v) is 4.86. The maximum atomic E-state index is 11.9. The summed E-state index contributed by atoms with van der Waals surface area (Å²) in [6, 6.07) is 0. The Kier molecular flexibility index (Phi) is 2.62. The van der Waals surface area contributed by atoms with Crippen LogP contribution in [0, 0.1) is 0 Å². The van der Waals surface area contributed by atoms with E-state index in [4.69, 9.17) is 0 Å². The van der Waals surface area contributed by atoms with Crippen LogP contribution in [0.25, 0.3) is 11.2 Å². The van der Waals surface area contributed by atoms with E-state index in [0.717, 1.165) is 4.57 Å². The van der Waals surface area contributed by atoms with Crippen molar-refractivity contribution < 1.29 is 9.90 Å². The minimum absolute atomic E-state index is 0.0684. The van der Waals surface area contributed by atoms with E-state index in [1.54, 1.807) is 0 Å². The quantitative estimate of drug-likeness (QED) is 0.771. The topological polar surface area (TPSA) is 99.1 Å². The number of fused-ring (bicyclic) bond motifs is 1. The van der Waals surface area contributed by atoms with Gasteiger partial charge in [0.25, 0.3) is 5.56 Å². The Hall–Kier alpha value is -2.38. The van der Waals surface area contributed by atoms with Crippen molar-refractivity contribution in [3.8, 4) is 0 Å². The van der Waals surface area contributed by atoms with Crippen LogP contribution >= 0.6 is 0 Å². The Morgan fingerprint density at radius 3 is 2.37 bits per heavy atom. The summed E-state index contributed by atoms with van der Waals surface area (Å²) < 4.78 is 3.47. The number of imidazole rings is 1. The van der Waals surface area contributed by atoms with E-state index in [-0.39, 0.29) is 11.2 Å². The molecule has 0 unspecified atom stereocenters. The molecule has 2 rings (SSSR count). The lowest BCUT2D eigenvalue weighted by Crippen LogP contribution is -2.40. The Morgan fingerprint density at radius 1 is 1.26 bits per heavy atom. The van der Waals surface area contributed by atoms with Crippen LogP contribution in [-0.2, 0) is 24.4 Å². The average Bonchev–Trinajstić information content (AvgIpc) is 2.78. The number of aromatic nitrogens is 4. The van der Waals surface area contributed by atoms with Crippen molar-refractivity contribution >= 4 is 17.1 Å². The van der Waals surface area contributed by atoms with Gasteiger partial charge < -0.3 is 5.11 Å². The zero-order valence-electron chi connectivity index (χ0n) is 11.0. The van der Waals surface area contributed by atoms with E-state index >= 15 is 0 Å². The first-order valence-corrected chi connectivity index (χ1v) is 5.56. The zero-order chi connectivity index (χ0) is 14.5. The third kappa shape index (κ3) is 1.60. The molecule has 102 valence electrons. The Bertz CT molecular complexity index is 793. The molecule has 2 aromatic rings. The van der Waals surface area contributed by atoms with Gasteiger partial charge in [-0.05, 0) is 13.8 Å². The van der Waals surface area contributed by atoms with Gasteiger partial charge in [-0.25, -0.2) is 14.6 Å². The van der Waals surface area contributed by atoms with Crippen LogP contribution in [0.5, 0.6) is 0 Å². The monoisotopic (exact) mass is 266 g/mol. The number of carbonyl (C=O) groups is 1. The molecule has 0 aliphatic carbocycles. The van der Waals surface area contributed by atoms with Gasteiger partial charge >= 0.3 is 11.7 Å². The minimum atomic E-state index is -1.31. The Labute approximate surface area is 107 Å². The first kappa shape index (κ1) is 13.1. The zero-order valence-corrected chi connectivity index (χ0v) is 11.0. The molecule has 8 heteroatoms. The standard InChI is InChI=1S/C11H14N4O4/c1-11(2,9(17)18)15-5-12-6-7(15)13(3)10(19)14(4)8(6)16/h5H,1-4H3,(H,17,18). The molecule has 19 heavy (non-hydrogen) atoms. The number of rotatable bonds is 2. The molecule has 0 amide bonds. The fraction of sp³-hybridized carbons (Fsp3) is 0.455. The summed E-state index contributed by atoms with van der Waals surface area (Å²) in [5, 5.41) is 9.24. The van der Waals surface area contributed by atoms with Gasteiger partial charge in [0, 0.05) is 14.1 Å². The summed E-state index contributed by atoms with van der Waals surface area (Å²) in [5.41, 5.74) is -2.12. The molecule has 0 bridgehead atoms. The van der Waals surface area contributed by atoms with Crippen molar-refractivity contribution in [2.75, 3.05) is 0 Å². The largest absolute Gasteiger partial charge is 0.480 e. The summed E-state index contributed by atoms with van der Waals surface area (Å²) >= 11 is 0. The molecule has 0 fully saturated rings. The maximum absolute atomic E-state index is 11.9. The molecule has 0 spiro atoms. The highest BCUT2D eigenvalue weighted by atomic mass is 16.4. The molecule has 1 N–H and O–H groups in total. The van der Waals surface area contributed by atoms with Crippen LogP contribution in [0.3, 0.4) is 0 Å². The van der Waals surface area contributed by atoms with E-state index in [1.165, 1.54) is 43.4 Å². The van der Waals surface area contributed by atoms with Crippen molar-refractivity contribution in [2.24, 2.45) is 14.1 Å². The van der Waals surface area contributed by atoms with E-state index in [9.17, 15) is 19.5 Å². The second-order valence-electron chi connectivity index (χ2n) is 4.86. The molecule has 2 aromatic heterocycles. The maximum Gasteiger partial charge on any atom is 0.332 e. The van der Waals surface area contributed by atoms with Gasteiger partial charge in [-0.1, -0.05) is 0 Å². The Morgan fingerprint density at radius 2 is 1.84 bits per heavy atom. The van der Waals surface area contributed by atoms with Crippen LogP contribution in [0.15, 0.2) is 15.9 Å². The predicted molar refractivity (Wildman–Crippen MR) is 67.2 cm³/mol. The van der Waals surface area contributed by atoms with Gasteiger partial charge in [0.1, 0.15) is 5.54 Å². The van der Waals surface area contributed by atoms with Crippen molar-refractivity contribution in [3.05, 3.63) is 27.2 Å². The van der Waals surface area contributed by atoms with Crippen LogP contribution in [-0.4, -0.2) is 29.8 Å². The van der Waals surface area contributed by atoms with Crippen molar-refractivity contribution in [2.45, 2.75) is 19.4 Å². The van der Waals surface area contributed by atoms with E-state index < -0.39 is 22.8 Å². The summed E-state index contributed by atoms with van der Waals surface area (Å²) in [6.07, 6.45) is 1.26.